The predicted molar refractivity (Wildman–Crippen MR) is 67.7 cm³/mol. The van der Waals surface area contributed by atoms with Crippen molar-refractivity contribution in [2.45, 2.75) is 38.9 Å². The molecule has 0 spiro atoms. The standard InChI is InChI=1S/C14H16N2O3/c1-9-15-14(16-19-9)8-18-13-7-3-4-10-11(13)5-2-6-12(10)17/h3-4,7,12,17H,2,5-6,8H2,1H3. The highest BCUT2D eigenvalue weighted by molar-refractivity contribution is 5.42. The van der Waals surface area contributed by atoms with Gasteiger partial charge in [-0.05, 0) is 36.5 Å². The minimum atomic E-state index is -0.375. The molecule has 2 aromatic rings. The summed E-state index contributed by atoms with van der Waals surface area (Å²) in [6.07, 6.45) is 2.37. The average molecular weight is 260 g/mol. The lowest BCUT2D eigenvalue weighted by atomic mass is 9.89. The Morgan fingerprint density at radius 1 is 1.47 bits per heavy atom. The van der Waals surface area contributed by atoms with Crippen molar-refractivity contribution >= 4 is 0 Å². The fourth-order valence-electron chi connectivity index (χ4n) is 2.47. The van der Waals surface area contributed by atoms with Gasteiger partial charge in [-0.25, -0.2) is 0 Å². The van der Waals surface area contributed by atoms with E-state index in [-0.39, 0.29) is 12.7 Å². The first-order valence-electron chi connectivity index (χ1n) is 6.46. The first-order valence-corrected chi connectivity index (χ1v) is 6.46. The molecule has 0 amide bonds. The molecule has 1 heterocycles. The zero-order chi connectivity index (χ0) is 13.2. The van der Waals surface area contributed by atoms with Crippen LogP contribution in [0.4, 0.5) is 0 Å². The number of aliphatic hydroxyl groups is 1. The third kappa shape index (κ3) is 2.46. The van der Waals surface area contributed by atoms with Gasteiger partial charge in [0, 0.05) is 6.92 Å². The first-order chi connectivity index (χ1) is 9.24. The molecule has 1 aliphatic rings. The maximum Gasteiger partial charge on any atom is 0.223 e. The van der Waals surface area contributed by atoms with E-state index < -0.39 is 0 Å². The van der Waals surface area contributed by atoms with Crippen LogP contribution in [0, 0.1) is 6.92 Å². The number of rotatable bonds is 3. The van der Waals surface area contributed by atoms with Gasteiger partial charge in [0.15, 0.2) is 6.61 Å². The molecule has 1 aromatic carbocycles. The van der Waals surface area contributed by atoms with E-state index in [4.69, 9.17) is 9.26 Å². The quantitative estimate of drug-likeness (QED) is 0.917. The largest absolute Gasteiger partial charge is 0.485 e. The van der Waals surface area contributed by atoms with E-state index in [2.05, 4.69) is 10.1 Å². The zero-order valence-corrected chi connectivity index (χ0v) is 10.8. The molecule has 100 valence electrons. The molecule has 0 bridgehead atoms. The Morgan fingerprint density at radius 3 is 3.16 bits per heavy atom. The van der Waals surface area contributed by atoms with Gasteiger partial charge < -0.3 is 14.4 Å². The van der Waals surface area contributed by atoms with E-state index in [1.807, 2.05) is 18.2 Å². The average Bonchev–Trinajstić information content (AvgIpc) is 2.83. The number of nitrogens with zero attached hydrogens (tertiary/aromatic N) is 2. The lowest BCUT2D eigenvalue weighted by Crippen LogP contribution is -2.11. The Labute approximate surface area is 111 Å². The van der Waals surface area contributed by atoms with Gasteiger partial charge in [0.05, 0.1) is 6.10 Å². The van der Waals surface area contributed by atoms with Gasteiger partial charge in [-0.1, -0.05) is 17.3 Å². The number of benzene rings is 1. The van der Waals surface area contributed by atoms with Crippen LogP contribution in [0.15, 0.2) is 22.7 Å². The molecule has 5 nitrogen and oxygen atoms in total. The Bertz CT molecular complexity index is 580. The zero-order valence-electron chi connectivity index (χ0n) is 10.8. The van der Waals surface area contributed by atoms with Crippen molar-refractivity contribution in [1.82, 2.24) is 10.1 Å². The summed E-state index contributed by atoms with van der Waals surface area (Å²) in [5.74, 6) is 1.87. The number of aromatic nitrogens is 2. The number of hydrogen-bond acceptors (Lipinski definition) is 5. The summed E-state index contributed by atoms with van der Waals surface area (Å²) in [6.45, 7) is 2.03. The fourth-order valence-corrected chi connectivity index (χ4v) is 2.47. The van der Waals surface area contributed by atoms with E-state index in [1.54, 1.807) is 6.92 Å². The van der Waals surface area contributed by atoms with E-state index in [9.17, 15) is 5.11 Å². The van der Waals surface area contributed by atoms with Gasteiger partial charge in [-0.2, -0.15) is 4.98 Å². The van der Waals surface area contributed by atoms with Gasteiger partial charge in [0.2, 0.25) is 11.7 Å². The van der Waals surface area contributed by atoms with E-state index in [0.29, 0.717) is 11.7 Å². The van der Waals surface area contributed by atoms with Gasteiger partial charge in [-0.15, -0.1) is 0 Å². The maximum atomic E-state index is 9.98. The molecule has 0 radical (unpaired) electrons. The van der Waals surface area contributed by atoms with Gasteiger partial charge in [0.25, 0.3) is 0 Å². The molecule has 0 saturated carbocycles. The van der Waals surface area contributed by atoms with Gasteiger partial charge in [-0.3, -0.25) is 0 Å². The molecule has 0 aliphatic heterocycles. The minimum Gasteiger partial charge on any atom is -0.485 e. The van der Waals surface area contributed by atoms with Crippen LogP contribution < -0.4 is 4.74 Å². The van der Waals surface area contributed by atoms with Crippen molar-refractivity contribution in [2.24, 2.45) is 0 Å². The van der Waals surface area contributed by atoms with Crippen molar-refractivity contribution < 1.29 is 14.4 Å². The number of fused-ring (bicyclic) bond motifs is 1. The van der Waals surface area contributed by atoms with Crippen LogP contribution in [0.5, 0.6) is 5.75 Å². The maximum absolute atomic E-state index is 9.98. The van der Waals surface area contributed by atoms with Crippen LogP contribution >= 0.6 is 0 Å². The lowest BCUT2D eigenvalue weighted by molar-refractivity contribution is 0.155. The summed E-state index contributed by atoms with van der Waals surface area (Å²) in [7, 11) is 0. The molecule has 1 aromatic heterocycles. The van der Waals surface area contributed by atoms with Crippen LogP contribution in [0.1, 0.15) is 41.8 Å². The van der Waals surface area contributed by atoms with E-state index >= 15 is 0 Å². The fraction of sp³-hybridized carbons (Fsp3) is 0.429. The van der Waals surface area contributed by atoms with Crippen LogP contribution in [-0.2, 0) is 13.0 Å². The molecule has 5 heteroatoms. The molecule has 3 rings (SSSR count). The highest BCUT2D eigenvalue weighted by atomic mass is 16.5. The lowest BCUT2D eigenvalue weighted by Gasteiger charge is -2.23. The number of aryl methyl sites for hydroxylation is 1. The normalized spacial score (nSPS) is 18.1. The van der Waals surface area contributed by atoms with Crippen molar-refractivity contribution in [3.63, 3.8) is 0 Å². The molecule has 19 heavy (non-hydrogen) atoms. The van der Waals surface area contributed by atoms with E-state index in [1.165, 1.54) is 0 Å². The molecule has 1 atom stereocenters. The molecule has 1 unspecified atom stereocenters. The summed E-state index contributed by atoms with van der Waals surface area (Å²) in [5, 5.41) is 13.8. The third-order valence-electron chi connectivity index (χ3n) is 3.36. The SMILES string of the molecule is Cc1nc(COc2cccc3c2CCCC3O)no1. The highest BCUT2D eigenvalue weighted by Gasteiger charge is 2.21. The third-order valence-corrected chi connectivity index (χ3v) is 3.36. The summed E-state index contributed by atoms with van der Waals surface area (Å²) < 4.78 is 10.7. The van der Waals surface area contributed by atoms with Crippen LogP contribution in [0.2, 0.25) is 0 Å². The Kier molecular flexibility index (Phi) is 3.21. The van der Waals surface area contributed by atoms with Gasteiger partial charge >= 0.3 is 0 Å². The number of hydrogen-bond donors (Lipinski definition) is 1. The molecule has 0 fully saturated rings. The van der Waals surface area contributed by atoms with Crippen LogP contribution in [-0.4, -0.2) is 15.2 Å². The summed E-state index contributed by atoms with van der Waals surface area (Å²) in [4.78, 5) is 4.10. The first kappa shape index (κ1) is 12.2. The van der Waals surface area contributed by atoms with Crippen molar-refractivity contribution in [3.8, 4) is 5.75 Å². The summed E-state index contributed by atoms with van der Waals surface area (Å²) in [5.41, 5.74) is 2.08. The highest BCUT2D eigenvalue weighted by Crippen LogP contribution is 2.35. The second-order valence-corrected chi connectivity index (χ2v) is 4.75. The van der Waals surface area contributed by atoms with Crippen LogP contribution in [0.3, 0.4) is 0 Å². The van der Waals surface area contributed by atoms with E-state index in [0.717, 1.165) is 36.1 Å². The molecule has 0 saturated heterocycles. The second-order valence-electron chi connectivity index (χ2n) is 4.75. The van der Waals surface area contributed by atoms with Gasteiger partial charge in [0.1, 0.15) is 5.75 Å². The summed E-state index contributed by atoms with van der Waals surface area (Å²) >= 11 is 0. The molecule has 1 aliphatic carbocycles. The Balaban J connectivity index is 1.79. The summed E-state index contributed by atoms with van der Waals surface area (Å²) in [6, 6.07) is 5.79. The molecule has 1 N–H and O–H groups in total. The van der Waals surface area contributed by atoms with Crippen LogP contribution in [0.25, 0.3) is 0 Å². The minimum absolute atomic E-state index is 0.282. The van der Waals surface area contributed by atoms with Crippen molar-refractivity contribution in [2.75, 3.05) is 0 Å². The molecular formula is C14H16N2O3. The Morgan fingerprint density at radius 2 is 2.37 bits per heavy atom. The monoisotopic (exact) mass is 260 g/mol. The Hall–Kier alpha value is -1.88. The van der Waals surface area contributed by atoms with Crippen molar-refractivity contribution in [3.05, 3.63) is 41.0 Å². The number of aliphatic hydroxyl groups excluding tert-OH is 1. The molecular weight excluding hydrogens is 244 g/mol. The smallest absolute Gasteiger partial charge is 0.223 e. The number of ether oxygens (including phenoxy) is 1. The topological polar surface area (TPSA) is 68.4 Å². The second kappa shape index (κ2) is 5.01. The predicted octanol–water partition coefficient (Wildman–Crippen LogP) is 2.33. The van der Waals surface area contributed by atoms with Crippen molar-refractivity contribution in [1.29, 1.82) is 0 Å².